The fourth-order valence-corrected chi connectivity index (χ4v) is 5.58. The zero-order valence-electron chi connectivity index (χ0n) is 24.2. The average molecular weight is 579 g/mol. The van der Waals surface area contributed by atoms with Crippen LogP contribution in [-0.4, -0.2) is 29.5 Å². The van der Waals surface area contributed by atoms with Gasteiger partial charge in [0.05, 0.1) is 11.0 Å². The summed E-state index contributed by atoms with van der Waals surface area (Å²) >= 11 is 0. The standard InChI is InChI=1S/C39H26N6/c1-3-12-27(13-4-1)36-42-37(28-14-5-2-6-15-28)44-38(43-36)31-18-9-16-29(24-31)30-17-10-20-33(25-30)45-35-22-8-7-21-34(35)41-39(45)32-19-11-23-40-26-32/h1-26H. The number of fused-ring (bicyclic) bond motifs is 1. The van der Waals surface area contributed by atoms with E-state index in [4.69, 9.17) is 19.9 Å². The van der Waals surface area contributed by atoms with Crippen molar-refractivity contribution in [2.45, 2.75) is 0 Å². The van der Waals surface area contributed by atoms with Gasteiger partial charge in [-0.25, -0.2) is 19.9 Å². The molecule has 0 aliphatic rings. The van der Waals surface area contributed by atoms with Gasteiger partial charge in [-0.2, -0.15) is 0 Å². The highest BCUT2D eigenvalue weighted by Crippen LogP contribution is 2.32. The number of nitrogens with zero attached hydrogens (tertiary/aromatic N) is 6. The number of aromatic nitrogens is 6. The first kappa shape index (κ1) is 26.4. The molecule has 0 amide bonds. The quantitative estimate of drug-likeness (QED) is 0.197. The smallest absolute Gasteiger partial charge is 0.164 e. The van der Waals surface area contributed by atoms with Gasteiger partial charge in [0.1, 0.15) is 5.82 Å². The lowest BCUT2D eigenvalue weighted by molar-refractivity contribution is 1.07. The summed E-state index contributed by atoms with van der Waals surface area (Å²) in [5.41, 5.74) is 8.88. The molecule has 6 nitrogen and oxygen atoms in total. The predicted octanol–water partition coefficient (Wildman–Crippen LogP) is 8.94. The second-order valence-electron chi connectivity index (χ2n) is 10.7. The molecule has 0 unspecified atom stereocenters. The van der Waals surface area contributed by atoms with Crippen molar-refractivity contribution < 1.29 is 0 Å². The van der Waals surface area contributed by atoms with E-state index in [2.05, 4.69) is 64.1 Å². The third kappa shape index (κ3) is 5.15. The first-order chi connectivity index (χ1) is 22.3. The largest absolute Gasteiger partial charge is 0.292 e. The van der Waals surface area contributed by atoms with Gasteiger partial charge in [0.15, 0.2) is 17.5 Å². The second-order valence-corrected chi connectivity index (χ2v) is 10.7. The molecule has 0 N–H and O–H groups in total. The Kier molecular flexibility index (Phi) is 6.70. The van der Waals surface area contributed by atoms with E-state index < -0.39 is 0 Å². The normalized spacial score (nSPS) is 11.1. The average Bonchev–Trinajstić information content (AvgIpc) is 3.53. The highest BCUT2D eigenvalue weighted by Gasteiger charge is 2.16. The van der Waals surface area contributed by atoms with E-state index >= 15 is 0 Å². The van der Waals surface area contributed by atoms with Gasteiger partial charge in [-0.15, -0.1) is 0 Å². The Morgan fingerprint density at radius 2 is 0.956 bits per heavy atom. The summed E-state index contributed by atoms with van der Waals surface area (Å²) in [5, 5.41) is 0. The van der Waals surface area contributed by atoms with E-state index in [1.165, 1.54) is 0 Å². The molecule has 8 rings (SSSR count). The van der Waals surface area contributed by atoms with Gasteiger partial charge in [-0.1, -0.05) is 103 Å². The maximum atomic E-state index is 4.98. The molecule has 0 aliphatic carbocycles. The Labute approximate surface area is 260 Å². The van der Waals surface area contributed by atoms with E-state index in [1.54, 1.807) is 6.20 Å². The van der Waals surface area contributed by atoms with Gasteiger partial charge in [0, 0.05) is 40.3 Å². The van der Waals surface area contributed by atoms with Crippen LogP contribution in [0.1, 0.15) is 0 Å². The zero-order valence-corrected chi connectivity index (χ0v) is 24.2. The molecular formula is C39H26N6. The molecule has 6 heteroatoms. The van der Waals surface area contributed by atoms with Crippen LogP contribution < -0.4 is 0 Å². The second kappa shape index (κ2) is 11.4. The summed E-state index contributed by atoms with van der Waals surface area (Å²) in [7, 11) is 0. The van der Waals surface area contributed by atoms with Crippen molar-refractivity contribution in [3.05, 3.63) is 158 Å². The number of pyridine rings is 1. The van der Waals surface area contributed by atoms with Crippen LogP contribution in [0, 0.1) is 0 Å². The van der Waals surface area contributed by atoms with Gasteiger partial charge < -0.3 is 0 Å². The van der Waals surface area contributed by atoms with Gasteiger partial charge in [0.2, 0.25) is 0 Å². The van der Waals surface area contributed by atoms with Crippen LogP contribution in [0.25, 0.3) is 73.4 Å². The summed E-state index contributed by atoms with van der Waals surface area (Å²) in [6.45, 7) is 0. The lowest BCUT2D eigenvalue weighted by Gasteiger charge is -2.12. The number of hydrogen-bond donors (Lipinski definition) is 0. The highest BCUT2D eigenvalue weighted by molar-refractivity contribution is 5.84. The Morgan fingerprint density at radius 1 is 0.400 bits per heavy atom. The summed E-state index contributed by atoms with van der Waals surface area (Å²) in [6, 6.07) is 49.2. The first-order valence-corrected chi connectivity index (χ1v) is 14.8. The summed E-state index contributed by atoms with van der Waals surface area (Å²) in [4.78, 5) is 24.0. The van der Waals surface area contributed by atoms with Crippen LogP contribution >= 0.6 is 0 Å². The highest BCUT2D eigenvalue weighted by atomic mass is 15.1. The van der Waals surface area contributed by atoms with E-state index in [0.717, 1.165) is 55.9 Å². The molecule has 5 aromatic carbocycles. The van der Waals surface area contributed by atoms with Crippen molar-refractivity contribution in [3.63, 3.8) is 0 Å². The predicted molar refractivity (Wildman–Crippen MR) is 179 cm³/mol. The Hall–Kier alpha value is -6.27. The van der Waals surface area contributed by atoms with E-state index in [-0.39, 0.29) is 0 Å². The molecule has 3 aromatic heterocycles. The summed E-state index contributed by atoms with van der Waals surface area (Å²) in [5.74, 6) is 2.76. The Balaban J connectivity index is 1.24. The molecular weight excluding hydrogens is 552 g/mol. The maximum Gasteiger partial charge on any atom is 0.164 e. The minimum absolute atomic E-state index is 0.625. The van der Waals surface area contributed by atoms with E-state index in [9.17, 15) is 0 Å². The molecule has 0 fully saturated rings. The molecule has 45 heavy (non-hydrogen) atoms. The van der Waals surface area contributed by atoms with Gasteiger partial charge >= 0.3 is 0 Å². The fraction of sp³-hybridized carbons (Fsp3) is 0. The van der Waals surface area contributed by atoms with Gasteiger partial charge in [-0.3, -0.25) is 9.55 Å². The summed E-state index contributed by atoms with van der Waals surface area (Å²) < 4.78 is 2.20. The maximum absolute atomic E-state index is 4.98. The zero-order chi connectivity index (χ0) is 30.0. The number of para-hydroxylation sites is 2. The fourth-order valence-electron chi connectivity index (χ4n) is 5.58. The van der Waals surface area contributed by atoms with Crippen molar-refractivity contribution in [1.29, 1.82) is 0 Å². The third-order valence-corrected chi connectivity index (χ3v) is 7.74. The lowest BCUT2D eigenvalue weighted by atomic mass is 10.0. The molecule has 0 atom stereocenters. The van der Waals surface area contributed by atoms with Crippen molar-refractivity contribution in [3.8, 4) is 62.4 Å². The molecule has 8 aromatic rings. The first-order valence-electron chi connectivity index (χ1n) is 14.8. The van der Waals surface area contributed by atoms with Crippen molar-refractivity contribution in [2.75, 3.05) is 0 Å². The number of benzene rings is 5. The molecule has 0 aliphatic heterocycles. The minimum atomic E-state index is 0.625. The number of hydrogen-bond acceptors (Lipinski definition) is 5. The third-order valence-electron chi connectivity index (χ3n) is 7.74. The molecule has 0 bridgehead atoms. The lowest BCUT2D eigenvalue weighted by Crippen LogP contribution is -2.00. The molecule has 0 radical (unpaired) electrons. The molecule has 0 saturated heterocycles. The van der Waals surface area contributed by atoms with Crippen LogP contribution in [0.3, 0.4) is 0 Å². The van der Waals surface area contributed by atoms with E-state index in [0.29, 0.717) is 17.5 Å². The van der Waals surface area contributed by atoms with Gasteiger partial charge in [0.25, 0.3) is 0 Å². The SMILES string of the molecule is c1ccc(-c2nc(-c3ccccc3)nc(-c3cccc(-c4cccc(-n5c(-c6cccnc6)nc6ccccc65)c4)c3)n2)cc1. The van der Waals surface area contributed by atoms with Gasteiger partial charge in [-0.05, 0) is 53.6 Å². The molecule has 0 saturated carbocycles. The van der Waals surface area contributed by atoms with Crippen LogP contribution in [0.15, 0.2) is 158 Å². The Morgan fingerprint density at radius 3 is 1.64 bits per heavy atom. The summed E-state index contributed by atoms with van der Waals surface area (Å²) in [6.07, 6.45) is 3.63. The number of rotatable bonds is 6. The van der Waals surface area contributed by atoms with Crippen LogP contribution in [-0.2, 0) is 0 Å². The van der Waals surface area contributed by atoms with Crippen molar-refractivity contribution >= 4 is 11.0 Å². The van der Waals surface area contributed by atoms with Crippen molar-refractivity contribution in [1.82, 2.24) is 29.5 Å². The van der Waals surface area contributed by atoms with Crippen LogP contribution in [0.5, 0.6) is 0 Å². The van der Waals surface area contributed by atoms with Crippen LogP contribution in [0.4, 0.5) is 0 Å². The van der Waals surface area contributed by atoms with Crippen molar-refractivity contribution in [2.24, 2.45) is 0 Å². The molecule has 0 spiro atoms. The monoisotopic (exact) mass is 578 g/mol. The molecule has 212 valence electrons. The molecule has 3 heterocycles. The Bertz CT molecular complexity index is 2200. The topological polar surface area (TPSA) is 69.4 Å². The number of imidazole rings is 1. The van der Waals surface area contributed by atoms with Crippen LogP contribution in [0.2, 0.25) is 0 Å². The van der Waals surface area contributed by atoms with E-state index in [1.807, 2.05) is 97.2 Å². The minimum Gasteiger partial charge on any atom is -0.292 e.